The summed E-state index contributed by atoms with van der Waals surface area (Å²) in [6, 6.07) is 11.6. The number of nitrogens with zero attached hydrogens (tertiary/aromatic N) is 1. The van der Waals surface area contributed by atoms with E-state index in [0.717, 1.165) is 0 Å². The Balaban J connectivity index is 2.10. The maximum atomic E-state index is 12.5. The van der Waals surface area contributed by atoms with Crippen molar-refractivity contribution in [2.75, 3.05) is 25.1 Å². The van der Waals surface area contributed by atoms with E-state index in [-0.39, 0.29) is 23.9 Å². The minimum Gasteiger partial charge on any atom is -0.497 e. The molecule has 6 nitrogen and oxygen atoms in total. The summed E-state index contributed by atoms with van der Waals surface area (Å²) in [5.41, 5.74) is 1.19. The van der Waals surface area contributed by atoms with E-state index < -0.39 is 10.0 Å². The Labute approximate surface area is 158 Å². The molecule has 0 saturated heterocycles. The second-order valence-corrected chi connectivity index (χ2v) is 7.85. The van der Waals surface area contributed by atoms with Crippen LogP contribution in [0.3, 0.4) is 0 Å². The second kappa shape index (κ2) is 8.53. The molecule has 2 rings (SSSR count). The fraction of sp³-hybridized carbons (Fsp3) is 0.278. The number of ether oxygens (including phenoxy) is 1. The van der Waals surface area contributed by atoms with Crippen LogP contribution in [0.15, 0.2) is 47.4 Å². The largest absolute Gasteiger partial charge is 0.497 e. The van der Waals surface area contributed by atoms with Crippen molar-refractivity contribution in [1.29, 1.82) is 0 Å². The van der Waals surface area contributed by atoms with Gasteiger partial charge in [0.05, 0.1) is 12.0 Å². The molecular weight excluding hydrogens is 376 g/mol. The van der Waals surface area contributed by atoms with Crippen molar-refractivity contribution in [3.63, 3.8) is 0 Å². The highest BCUT2D eigenvalue weighted by molar-refractivity contribution is 7.89. The molecule has 0 aliphatic rings. The Bertz CT molecular complexity index is 900. The van der Waals surface area contributed by atoms with Crippen LogP contribution in [-0.2, 0) is 14.8 Å². The van der Waals surface area contributed by atoms with Crippen molar-refractivity contribution in [3.8, 4) is 5.75 Å². The molecule has 0 saturated carbocycles. The van der Waals surface area contributed by atoms with Gasteiger partial charge in [0.25, 0.3) is 0 Å². The van der Waals surface area contributed by atoms with E-state index in [1.54, 1.807) is 43.3 Å². The van der Waals surface area contributed by atoms with Gasteiger partial charge in [-0.3, -0.25) is 4.79 Å². The minimum absolute atomic E-state index is 0.0693. The zero-order valence-corrected chi connectivity index (χ0v) is 16.4. The summed E-state index contributed by atoms with van der Waals surface area (Å²) in [6.45, 7) is 3.37. The first kappa shape index (κ1) is 20.2. The average molecular weight is 397 g/mol. The highest BCUT2D eigenvalue weighted by atomic mass is 35.5. The molecule has 0 atom stereocenters. The first-order valence-corrected chi connectivity index (χ1v) is 9.78. The molecule has 0 aliphatic heterocycles. The van der Waals surface area contributed by atoms with Crippen molar-refractivity contribution in [3.05, 3.63) is 53.1 Å². The molecule has 0 heterocycles. The maximum Gasteiger partial charge on any atom is 0.240 e. The quantitative estimate of drug-likeness (QED) is 0.780. The summed E-state index contributed by atoms with van der Waals surface area (Å²) in [5, 5.41) is 0.503. The molecule has 0 radical (unpaired) electrons. The van der Waals surface area contributed by atoms with E-state index in [9.17, 15) is 13.2 Å². The molecular formula is C18H21ClN2O4S. The number of hydrogen-bond acceptors (Lipinski definition) is 4. The van der Waals surface area contributed by atoms with E-state index in [2.05, 4.69) is 4.72 Å². The number of carbonyl (C=O) groups is 1. The van der Waals surface area contributed by atoms with E-state index in [1.807, 2.05) is 0 Å². The Morgan fingerprint density at radius 1 is 1.23 bits per heavy atom. The standard InChI is InChI=1S/C18H21ClN2O4S/c1-13-11-17(25-3)7-8-18(13)26(23,24)20-9-10-21(14(2)22)16-6-4-5-15(19)12-16/h4-8,11-12,20H,9-10H2,1-3H3. The number of sulfonamides is 1. The normalized spacial score (nSPS) is 11.2. The Morgan fingerprint density at radius 2 is 1.96 bits per heavy atom. The number of methoxy groups -OCH3 is 1. The monoisotopic (exact) mass is 396 g/mol. The molecule has 0 bridgehead atoms. The lowest BCUT2D eigenvalue weighted by atomic mass is 10.2. The first-order valence-electron chi connectivity index (χ1n) is 7.92. The highest BCUT2D eigenvalue weighted by Crippen LogP contribution is 2.21. The molecule has 0 spiro atoms. The minimum atomic E-state index is -3.70. The predicted octanol–water partition coefficient (Wildman–Crippen LogP) is 2.99. The maximum absolute atomic E-state index is 12.5. The molecule has 0 aromatic heterocycles. The second-order valence-electron chi connectivity index (χ2n) is 5.68. The van der Waals surface area contributed by atoms with Crippen LogP contribution in [0.25, 0.3) is 0 Å². The molecule has 1 amide bonds. The van der Waals surface area contributed by atoms with Gasteiger partial charge in [-0.2, -0.15) is 0 Å². The lowest BCUT2D eigenvalue weighted by Crippen LogP contribution is -2.37. The number of nitrogens with one attached hydrogen (secondary N) is 1. The highest BCUT2D eigenvalue weighted by Gasteiger charge is 2.18. The van der Waals surface area contributed by atoms with Crippen molar-refractivity contribution in [2.45, 2.75) is 18.7 Å². The lowest BCUT2D eigenvalue weighted by Gasteiger charge is -2.21. The Morgan fingerprint density at radius 3 is 2.54 bits per heavy atom. The van der Waals surface area contributed by atoms with Gasteiger partial charge in [0.15, 0.2) is 0 Å². The molecule has 2 aromatic rings. The summed E-state index contributed by atoms with van der Waals surface area (Å²) in [4.78, 5) is 13.5. The van der Waals surface area contributed by atoms with Crippen molar-refractivity contribution < 1.29 is 17.9 Å². The van der Waals surface area contributed by atoms with Crippen LogP contribution in [-0.4, -0.2) is 34.5 Å². The number of rotatable bonds is 7. The number of anilines is 1. The van der Waals surface area contributed by atoms with E-state index in [4.69, 9.17) is 16.3 Å². The molecule has 0 unspecified atom stereocenters. The van der Waals surface area contributed by atoms with Crippen molar-refractivity contribution >= 4 is 33.2 Å². The third-order valence-electron chi connectivity index (χ3n) is 3.80. The number of carbonyl (C=O) groups excluding carboxylic acids is 1. The van der Waals surface area contributed by atoms with E-state index in [1.165, 1.54) is 25.0 Å². The Kier molecular flexibility index (Phi) is 6.63. The van der Waals surface area contributed by atoms with Gasteiger partial charge in [0.2, 0.25) is 15.9 Å². The van der Waals surface area contributed by atoms with Gasteiger partial charge in [0.1, 0.15) is 5.75 Å². The average Bonchev–Trinajstić information content (AvgIpc) is 2.58. The SMILES string of the molecule is COc1ccc(S(=O)(=O)NCCN(C(C)=O)c2cccc(Cl)c2)c(C)c1. The molecule has 0 fully saturated rings. The number of hydrogen-bond donors (Lipinski definition) is 1. The number of amides is 1. The van der Waals surface area contributed by atoms with Crippen LogP contribution in [0.5, 0.6) is 5.75 Å². The summed E-state index contributed by atoms with van der Waals surface area (Å²) < 4.78 is 32.7. The molecule has 1 N–H and O–H groups in total. The number of aryl methyl sites for hydroxylation is 1. The summed E-state index contributed by atoms with van der Waals surface area (Å²) in [5.74, 6) is 0.386. The number of benzene rings is 2. The summed E-state index contributed by atoms with van der Waals surface area (Å²) in [7, 11) is -2.18. The molecule has 0 aliphatic carbocycles. The van der Waals surface area contributed by atoms with E-state index >= 15 is 0 Å². The topological polar surface area (TPSA) is 75.7 Å². The zero-order valence-electron chi connectivity index (χ0n) is 14.8. The van der Waals surface area contributed by atoms with Crippen molar-refractivity contribution in [2.24, 2.45) is 0 Å². The fourth-order valence-corrected chi connectivity index (χ4v) is 3.96. The van der Waals surface area contributed by atoms with E-state index in [0.29, 0.717) is 22.0 Å². The van der Waals surface area contributed by atoms with Crippen LogP contribution in [0.4, 0.5) is 5.69 Å². The third-order valence-corrected chi connectivity index (χ3v) is 5.66. The third kappa shape index (κ3) is 4.97. The van der Waals surface area contributed by atoms with Crippen LogP contribution in [0.2, 0.25) is 5.02 Å². The van der Waals surface area contributed by atoms with Gasteiger partial charge in [-0.15, -0.1) is 0 Å². The smallest absolute Gasteiger partial charge is 0.240 e. The van der Waals surface area contributed by atoms with Gasteiger partial charge in [-0.05, 0) is 48.9 Å². The summed E-state index contributed by atoms with van der Waals surface area (Å²) >= 11 is 5.96. The van der Waals surface area contributed by atoms with Gasteiger partial charge in [-0.1, -0.05) is 17.7 Å². The van der Waals surface area contributed by atoms with Crippen LogP contribution in [0, 0.1) is 6.92 Å². The summed E-state index contributed by atoms with van der Waals surface area (Å²) in [6.07, 6.45) is 0. The first-order chi connectivity index (χ1) is 12.2. The molecule has 140 valence electrons. The lowest BCUT2D eigenvalue weighted by molar-refractivity contribution is -0.116. The van der Waals surface area contributed by atoms with Gasteiger partial charge in [-0.25, -0.2) is 13.1 Å². The number of halogens is 1. The van der Waals surface area contributed by atoms with Gasteiger partial charge < -0.3 is 9.64 Å². The van der Waals surface area contributed by atoms with Gasteiger partial charge in [0, 0.05) is 30.7 Å². The molecule has 26 heavy (non-hydrogen) atoms. The van der Waals surface area contributed by atoms with Crippen LogP contribution in [0.1, 0.15) is 12.5 Å². The molecule has 8 heteroatoms. The predicted molar refractivity (Wildman–Crippen MR) is 102 cm³/mol. The van der Waals surface area contributed by atoms with Crippen molar-refractivity contribution in [1.82, 2.24) is 4.72 Å². The van der Waals surface area contributed by atoms with Crippen LogP contribution >= 0.6 is 11.6 Å². The van der Waals surface area contributed by atoms with Gasteiger partial charge >= 0.3 is 0 Å². The zero-order chi connectivity index (χ0) is 19.3. The fourth-order valence-electron chi connectivity index (χ4n) is 2.53. The Hall–Kier alpha value is -2.09. The van der Waals surface area contributed by atoms with Crippen LogP contribution < -0.4 is 14.4 Å². The molecule has 2 aromatic carbocycles.